The number of pyridine rings is 1. The summed E-state index contributed by atoms with van der Waals surface area (Å²) in [6.07, 6.45) is 5.56. The van der Waals surface area contributed by atoms with E-state index in [-0.39, 0.29) is 55.5 Å². The van der Waals surface area contributed by atoms with Crippen molar-refractivity contribution in [2.45, 2.75) is 79.0 Å². The fourth-order valence-corrected chi connectivity index (χ4v) is 9.63. The second-order valence-corrected chi connectivity index (χ2v) is 21.0. The number of nitrogens with zero attached hydrogens (tertiary/aromatic N) is 4. The van der Waals surface area contributed by atoms with Crippen molar-refractivity contribution >= 4 is 32.8 Å². The van der Waals surface area contributed by atoms with Gasteiger partial charge in [-0.25, -0.2) is 4.98 Å². The molecule has 0 radical (unpaired) electrons. The first kappa shape index (κ1) is 42.2. The average Bonchev–Trinajstić information content (AvgIpc) is 4.22. The van der Waals surface area contributed by atoms with Gasteiger partial charge in [0, 0.05) is 51.2 Å². The average molecular weight is 1140 g/mol. The molecule has 0 aliphatic rings. The Morgan fingerprint density at radius 2 is 1.25 bits per heavy atom. The molecule has 11 rings (SSSR count). The van der Waals surface area contributed by atoms with Crippen LogP contribution in [0.1, 0.15) is 93.1 Å². The van der Waals surface area contributed by atoms with Crippen LogP contribution in [0, 0.1) is 24.4 Å². The molecule has 0 N–H and O–H groups in total. The van der Waals surface area contributed by atoms with Crippen LogP contribution < -0.4 is 9.30 Å². The zero-order chi connectivity index (χ0) is 55.2. The van der Waals surface area contributed by atoms with Gasteiger partial charge in [-0.15, -0.1) is 29.7 Å². The Bertz CT molecular complexity index is 4110. The van der Waals surface area contributed by atoms with Crippen LogP contribution in [0.25, 0.3) is 83.4 Å². The van der Waals surface area contributed by atoms with Crippen molar-refractivity contribution in [1.82, 2.24) is 14.1 Å². The predicted molar refractivity (Wildman–Crippen MR) is 297 cm³/mol. The minimum Gasteiger partial charge on any atom is -0.510 e. The number of hydrogen-bond donors (Lipinski definition) is 0. The van der Waals surface area contributed by atoms with E-state index in [0.717, 1.165) is 71.8 Å². The third kappa shape index (κ3) is 9.37. The molecule has 11 aromatic rings. The minimum atomic E-state index is -0.924. The maximum Gasteiger partial charge on any atom is 0.268 e. The SMILES string of the molecule is [2H]c1c([2H])c([2H])c(-c2cccc(-c3cc(C(C)(C)C)cc(C(C)(C)C)c3)c2-[n+]2[c-]n(-c3[c-]c(Oc4[c-]c5c(cc4)c4ccccc4n5-c4cc(C([2H])(C)C(C)C)c(-c5ccccc5)cn4)ccc3)c3ccccc32)c([2H])c1[2H].[Pt]. The molecule has 1 unspecified atom stereocenters. The van der Waals surface area contributed by atoms with Gasteiger partial charge in [-0.2, -0.15) is 18.2 Å². The van der Waals surface area contributed by atoms with Crippen LogP contribution in [-0.2, 0) is 31.9 Å². The maximum absolute atomic E-state index is 9.66. The fourth-order valence-electron chi connectivity index (χ4n) is 9.63. The van der Waals surface area contributed by atoms with E-state index in [1.807, 2.05) is 125 Å². The van der Waals surface area contributed by atoms with E-state index in [9.17, 15) is 4.11 Å². The second kappa shape index (κ2) is 19.6. The van der Waals surface area contributed by atoms with E-state index in [2.05, 4.69) is 127 Å². The first-order chi connectivity index (χ1) is 37.1. The molecule has 0 saturated carbocycles. The largest absolute Gasteiger partial charge is 0.510 e. The van der Waals surface area contributed by atoms with Gasteiger partial charge in [0.1, 0.15) is 5.82 Å². The number of ether oxygens (including phenoxy) is 1. The Kier molecular flexibility index (Phi) is 11.3. The van der Waals surface area contributed by atoms with Crippen molar-refractivity contribution in [2.24, 2.45) is 5.92 Å². The Labute approximate surface area is 453 Å². The van der Waals surface area contributed by atoms with Crippen LogP contribution in [0.2, 0.25) is 0 Å². The standard InChI is InChI=1S/C67H60N4O.Pt/c1-44(2)45(3)58-41-64(68-42-59(58)47-24-14-11-15-25-47)71-60-31-17-16-28-56(60)57-35-34-53(40-63(57)71)72-52-27-20-26-51(39-52)69-43-70(62-33-19-18-32-61(62)69)65-54(46-22-12-10-13-23-46)29-21-30-55(65)48-36-49(66(4,5)6)38-50(37-48)67(7,8)9;/h10-38,41-42,44-45H,1-9H3;/q-2;/i10D,12D,13D,22D,23D,45D;. The zero-order valence-corrected chi connectivity index (χ0v) is 44.9. The number of aromatic nitrogens is 4. The van der Waals surface area contributed by atoms with Gasteiger partial charge in [-0.1, -0.05) is 207 Å². The van der Waals surface area contributed by atoms with Crippen LogP contribution in [-0.4, -0.2) is 14.1 Å². The zero-order valence-electron chi connectivity index (χ0n) is 48.6. The second-order valence-electron chi connectivity index (χ2n) is 21.0. The van der Waals surface area contributed by atoms with Gasteiger partial charge >= 0.3 is 0 Å². The van der Waals surface area contributed by atoms with E-state index in [1.54, 1.807) is 0 Å². The molecule has 366 valence electrons. The third-order valence-electron chi connectivity index (χ3n) is 13.8. The summed E-state index contributed by atoms with van der Waals surface area (Å²) in [5.41, 5.74) is 11.5. The van der Waals surface area contributed by atoms with Crippen LogP contribution in [0.5, 0.6) is 11.5 Å². The first-order valence-corrected chi connectivity index (χ1v) is 24.7. The molecule has 8 aromatic carbocycles. The monoisotopic (exact) mass is 1140 g/mol. The summed E-state index contributed by atoms with van der Waals surface area (Å²) in [5.74, 6) is 0.670. The molecule has 0 aliphatic carbocycles. The van der Waals surface area contributed by atoms with Crippen LogP contribution in [0.15, 0.2) is 188 Å². The Balaban J connectivity index is 0.00000704. The van der Waals surface area contributed by atoms with Gasteiger partial charge in [0.25, 0.3) is 6.33 Å². The predicted octanol–water partition coefficient (Wildman–Crippen LogP) is 16.9. The molecule has 0 fully saturated rings. The van der Waals surface area contributed by atoms with E-state index in [1.165, 1.54) is 0 Å². The number of fused-ring (bicyclic) bond motifs is 4. The summed E-state index contributed by atoms with van der Waals surface area (Å²) in [4.78, 5) is 5.09. The van der Waals surface area contributed by atoms with Gasteiger partial charge in [-0.3, -0.25) is 4.57 Å². The van der Waals surface area contributed by atoms with E-state index in [4.69, 9.17) is 13.8 Å². The normalized spacial score (nSPS) is 14.0. The van der Waals surface area contributed by atoms with Crippen molar-refractivity contribution < 1.29 is 38.6 Å². The summed E-state index contributed by atoms with van der Waals surface area (Å²) < 4.78 is 66.8. The molecule has 73 heavy (non-hydrogen) atoms. The quantitative estimate of drug-likeness (QED) is 0.101. The minimum absolute atomic E-state index is 0. The van der Waals surface area contributed by atoms with Crippen LogP contribution in [0.4, 0.5) is 0 Å². The smallest absolute Gasteiger partial charge is 0.268 e. The Morgan fingerprint density at radius 1 is 0.603 bits per heavy atom. The molecule has 0 bridgehead atoms. The molecule has 0 saturated heterocycles. The van der Waals surface area contributed by atoms with Crippen LogP contribution in [0.3, 0.4) is 0 Å². The molecule has 5 nitrogen and oxygen atoms in total. The topological polar surface area (TPSA) is 35.9 Å². The van der Waals surface area contributed by atoms with E-state index >= 15 is 0 Å². The van der Waals surface area contributed by atoms with E-state index < -0.39 is 24.0 Å². The molecular weight excluding hydrogens is 1070 g/mol. The summed E-state index contributed by atoms with van der Waals surface area (Å²) in [5, 5.41) is 2.01. The van der Waals surface area contributed by atoms with Gasteiger partial charge in [0.2, 0.25) is 0 Å². The molecule has 0 amide bonds. The summed E-state index contributed by atoms with van der Waals surface area (Å²) in [6, 6.07) is 55.8. The number of hydrogen-bond acceptors (Lipinski definition) is 2. The number of benzene rings is 8. The van der Waals surface area contributed by atoms with Crippen molar-refractivity contribution in [2.75, 3.05) is 0 Å². The molecule has 3 heterocycles. The summed E-state index contributed by atoms with van der Waals surface area (Å²) in [7, 11) is 0. The summed E-state index contributed by atoms with van der Waals surface area (Å²) >= 11 is 0. The van der Waals surface area contributed by atoms with Gasteiger partial charge < -0.3 is 13.9 Å². The maximum atomic E-state index is 9.66. The van der Waals surface area contributed by atoms with Crippen LogP contribution >= 0.6 is 0 Å². The number of rotatable bonds is 10. The van der Waals surface area contributed by atoms with Crippen molar-refractivity contribution in [3.8, 4) is 62.1 Å². The molecule has 0 spiro atoms. The van der Waals surface area contributed by atoms with Gasteiger partial charge in [-0.05, 0) is 90.4 Å². The van der Waals surface area contributed by atoms with Crippen molar-refractivity contribution in [1.29, 1.82) is 0 Å². The summed E-state index contributed by atoms with van der Waals surface area (Å²) in [6.45, 7) is 19.3. The molecule has 6 heteroatoms. The molecular formula is C67H60N4OPt-2. The molecule has 3 aromatic heterocycles. The number of imidazole rings is 1. The number of para-hydroxylation sites is 4. The van der Waals surface area contributed by atoms with Crippen molar-refractivity contribution in [3.05, 3.63) is 223 Å². The first-order valence-electron chi connectivity index (χ1n) is 27.7. The van der Waals surface area contributed by atoms with Gasteiger partial charge in [0.15, 0.2) is 0 Å². The van der Waals surface area contributed by atoms with Crippen molar-refractivity contribution in [3.63, 3.8) is 0 Å². The van der Waals surface area contributed by atoms with Gasteiger partial charge in [0.05, 0.1) is 23.6 Å². The third-order valence-corrected chi connectivity index (χ3v) is 13.8. The Morgan fingerprint density at radius 3 is 1.96 bits per heavy atom. The Hall–Kier alpha value is -7.33. The molecule has 0 aliphatic heterocycles. The van der Waals surface area contributed by atoms with E-state index in [0.29, 0.717) is 34.3 Å². The molecule has 1 atom stereocenters. The fraction of sp³-hybridized carbons (Fsp3) is 0.194.